The fraction of sp³-hybridized carbons (Fsp3) is 0.139. The molecule has 5 nitrogen and oxygen atoms in total. The van der Waals surface area contributed by atoms with Gasteiger partial charge in [0.1, 0.15) is 11.5 Å². The minimum absolute atomic E-state index is 0.333. The van der Waals surface area contributed by atoms with Crippen LogP contribution in [0.3, 0.4) is 0 Å². The summed E-state index contributed by atoms with van der Waals surface area (Å²) in [7, 11) is 0. The maximum Gasteiger partial charge on any atom is 0.340 e. The average molecular weight is 539 g/mol. The third kappa shape index (κ3) is 3.80. The molecule has 0 amide bonds. The van der Waals surface area contributed by atoms with E-state index in [2.05, 4.69) is 91.5 Å². The Balaban J connectivity index is 1.50. The van der Waals surface area contributed by atoms with Gasteiger partial charge in [0.25, 0.3) is 0 Å². The molecule has 0 saturated carbocycles. The van der Waals surface area contributed by atoms with Crippen molar-refractivity contribution in [3.63, 3.8) is 0 Å². The van der Waals surface area contributed by atoms with Crippen LogP contribution in [-0.2, 0) is 10.3 Å². The fourth-order valence-corrected chi connectivity index (χ4v) is 6.12. The molecule has 0 aromatic heterocycles. The molecule has 1 unspecified atom stereocenters. The van der Waals surface area contributed by atoms with Gasteiger partial charge in [0.05, 0.1) is 22.6 Å². The molecule has 2 aliphatic rings. The minimum Gasteiger partial charge on any atom is -0.456 e. The second-order valence-corrected chi connectivity index (χ2v) is 10.5. The zero-order valence-corrected chi connectivity index (χ0v) is 23.3. The molecule has 5 heteroatoms. The number of anilines is 3. The molecule has 5 aromatic carbocycles. The van der Waals surface area contributed by atoms with Crippen molar-refractivity contribution in [3.05, 3.63) is 149 Å². The summed E-state index contributed by atoms with van der Waals surface area (Å²) in [6.45, 7) is 7.08. The lowest BCUT2D eigenvalue weighted by Gasteiger charge is -2.41. The number of carbonyl (C=O) groups is 1. The highest BCUT2D eigenvalue weighted by atomic mass is 16.6. The molecular weight excluding hydrogens is 508 g/mol. The SMILES string of the molecule is CCN(c1ccc(C)cc1)N(c1ccccc1)c1cc2c(cc1C)Oc1ccccc1C21OC(=O)c2ccccc21. The Kier molecular flexibility index (Phi) is 5.82. The number of carbonyl (C=O) groups excluding carboxylic acids is 1. The molecule has 41 heavy (non-hydrogen) atoms. The Morgan fingerprint density at radius 2 is 1.37 bits per heavy atom. The topological polar surface area (TPSA) is 42.0 Å². The molecule has 2 aliphatic heterocycles. The summed E-state index contributed by atoms with van der Waals surface area (Å²) in [5.41, 5.74) is 7.21. The van der Waals surface area contributed by atoms with Gasteiger partial charge >= 0.3 is 5.97 Å². The summed E-state index contributed by atoms with van der Waals surface area (Å²) < 4.78 is 12.9. The normalized spacial score (nSPS) is 16.3. The van der Waals surface area contributed by atoms with Crippen LogP contribution in [0.1, 0.15) is 45.1 Å². The van der Waals surface area contributed by atoms with Gasteiger partial charge in [-0.15, -0.1) is 0 Å². The highest BCUT2D eigenvalue weighted by molar-refractivity contribution is 5.97. The van der Waals surface area contributed by atoms with E-state index in [1.165, 1.54) is 5.56 Å². The molecule has 0 aliphatic carbocycles. The van der Waals surface area contributed by atoms with Crippen molar-refractivity contribution in [2.75, 3.05) is 16.6 Å². The van der Waals surface area contributed by atoms with Gasteiger partial charge in [-0.25, -0.2) is 4.79 Å². The summed E-state index contributed by atoms with van der Waals surface area (Å²) in [6, 6.07) is 38.6. The van der Waals surface area contributed by atoms with Crippen molar-refractivity contribution in [1.29, 1.82) is 0 Å². The molecule has 2 heterocycles. The molecule has 1 spiro atoms. The molecule has 0 radical (unpaired) electrons. The molecule has 202 valence electrons. The van der Waals surface area contributed by atoms with E-state index in [1.807, 2.05) is 54.6 Å². The van der Waals surface area contributed by atoms with Gasteiger partial charge in [0, 0.05) is 23.2 Å². The zero-order valence-electron chi connectivity index (χ0n) is 23.3. The van der Waals surface area contributed by atoms with Crippen molar-refractivity contribution in [3.8, 4) is 11.5 Å². The van der Waals surface area contributed by atoms with E-state index in [0.29, 0.717) is 17.1 Å². The van der Waals surface area contributed by atoms with Crippen LogP contribution in [0.25, 0.3) is 0 Å². The smallest absolute Gasteiger partial charge is 0.340 e. The summed E-state index contributed by atoms with van der Waals surface area (Å²) in [5.74, 6) is 1.03. The number of fused-ring (bicyclic) bond motifs is 6. The standard InChI is InChI=1S/C36H30N2O3/c1-4-37(26-20-18-24(2)19-21-26)38(27-12-6-5-7-13-27)32-23-31-34(22-25(32)3)40-33-17-11-10-16-30(33)36(31)29-15-9-8-14-28(29)35(39)41-36/h5-23H,4H2,1-3H3. The molecule has 0 fully saturated rings. The molecule has 1 atom stereocenters. The van der Waals surface area contributed by atoms with Crippen LogP contribution in [0.4, 0.5) is 17.1 Å². The third-order valence-corrected chi connectivity index (χ3v) is 8.04. The zero-order chi connectivity index (χ0) is 28.1. The van der Waals surface area contributed by atoms with Gasteiger partial charge in [-0.2, -0.15) is 0 Å². The van der Waals surface area contributed by atoms with E-state index in [0.717, 1.165) is 45.9 Å². The van der Waals surface area contributed by atoms with Crippen LogP contribution in [-0.4, -0.2) is 12.5 Å². The summed E-state index contributed by atoms with van der Waals surface area (Å²) in [5, 5.41) is 4.51. The second-order valence-electron chi connectivity index (χ2n) is 10.5. The maximum atomic E-state index is 13.4. The maximum absolute atomic E-state index is 13.4. The summed E-state index contributed by atoms with van der Waals surface area (Å²) >= 11 is 0. The van der Waals surface area contributed by atoms with Crippen molar-refractivity contribution in [2.45, 2.75) is 26.4 Å². The first kappa shape index (κ1) is 25.0. The fourth-order valence-electron chi connectivity index (χ4n) is 6.12. The predicted molar refractivity (Wildman–Crippen MR) is 162 cm³/mol. The predicted octanol–water partition coefficient (Wildman–Crippen LogP) is 8.45. The molecule has 0 bridgehead atoms. The van der Waals surface area contributed by atoms with Crippen LogP contribution in [0.2, 0.25) is 0 Å². The number of rotatable bonds is 5. The largest absolute Gasteiger partial charge is 0.456 e. The van der Waals surface area contributed by atoms with Gasteiger partial charge in [-0.3, -0.25) is 10.0 Å². The number of hydrogen-bond donors (Lipinski definition) is 0. The number of hydrogen-bond acceptors (Lipinski definition) is 5. The monoisotopic (exact) mass is 538 g/mol. The number of hydrazine groups is 1. The van der Waals surface area contributed by atoms with E-state index >= 15 is 0 Å². The molecular formula is C36H30N2O3. The Hall–Kier alpha value is -5.03. The van der Waals surface area contributed by atoms with Gasteiger partial charge in [0.15, 0.2) is 5.60 Å². The number of nitrogens with zero attached hydrogens (tertiary/aromatic N) is 2. The minimum atomic E-state index is -1.12. The van der Waals surface area contributed by atoms with Crippen molar-refractivity contribution >= 4 is 23.0 Å². The van der Waals surface area contributed by atoms with Gasteiger partial charge in [-0.05, 0) is 74.9 Å². The van der Waals surface area contributed by atoms with Crippen LogP contribution in [0.5, 0.6) is 11.5 Å². The van der Waals surface area contributed by atoms with Gasteiger partial charge in [-0.1, -0.05) is 72.3 Å². The van der Waals surface area contributed by atoms with E-state index in [-0.39, 0.29) is 5.97 Å². The lowest BCUT2D eigenvalue weighted by Crippen LogP contribution is -2.40. The van der Waals surface area contributed by atoms with Crippen LogP contribution >= 0.6 is 0 Å². The highest BCUT2D eigenvalue weighted by Crippen LogP contribution is 2.57. The number of aryl methyl sites for hydroxylation is 2. The van der Waals surface area contributed by atoms with Crippen molar-refractivity contribution < 1.29 is 14.3 Å². The van der Waals surface area contributed by atoms with E-state index in [1.54, 1.807) is 0 Å². The Labute approximate surface area is 240 Å². The number of benzene rings is 5. The first-order valence-corrected chi connectivity index (χ1v) is 14.0. The summed E-state index contributed by atoms with van der Waals surface area (Å²) in [6.07, 6.45) is 0. The highest BCUT2D eigenvalue weighted by Gasteiger charge is 2.53. The second kappa shape index (κ2) is 9.56. The molecule has 0 saturated heterocycles. The first-order valence-electron chi connectivity index (χ1n) is 14.0. The molecule has 5 aromatic rings. The van der Waals surface area contributed by atoms with E-state index < -0.39 is 5.60 Å². The lowest BCUT2D eigenvalue weighted by atomic mass is 9.77. The van der Waals surface area contributed by atoms with E-state index in [4.69, 9.17) is 9.47 Å². The first-order chi connectivity index (χ1) is 20.0. The lowest BCUT2D eigenvalue weighted by molar-refractivity contribution is 0.0224. The van der Waals surface area contributed by atoms with Crippen molar-refractivity contribution in [1.82, 2.24) is 0 Å². The third-order valence-electron chi connectivity index (χ3n) is 8.04. The van der Waals surface area contributed by atoms with Gasteiger partial charge in [0.2, 0.25) is 0 Å². The molecule has 7 rings (SSSR count). The Morgan fingerprint density at radius 3 is 2.12 bits per heavy atom. The summed E-state index contributed by atoms with van der Waals surface area (Å²) in [4.78, 5) is 13.4. The van der Waals surface area contributed by atoms with Crippen LogP contribution < -0.4 is 14.8 Å². The van der Waals surface area contributed by atoms with Crippen molar-refractivity contribution in [2.24, 2.45) is 0 Å². The quantitative estimate of drug-likeness (QED) is 0.166. The van der Waals surface area contributed by atoms with Crippen LogP contribution in [0.15, 0.2) is 115 Å². The number of para-hydroxylation sites is 2. The average Bonchev–Trinajstić information content (AvgIpc) is 3.30. The number of esters is 1. The van der Waals surface area contributed by atoms with Crippen LogP contribution in [0, 0.1) is 13.8 Å². The molecule has 0 N–H and O–H groups in total. The van der Waals surface area contributed by atoms with E-state index in [9.17, 15) is 4.79 Å². The number of ether oxygens (including phenoxy) is 2. The van der Waals surface area contributed by atoms with Gasteiger partial charge < -0.3 is 9.47 Å². The Morgan fingerprint density at radius 1 is 0.683 bits per heavy atom. The Bertz CT molecular complexity index is 1780.